The number of anilines is 1. The minimum Gasteiger partial charge on any atom is -0.350 e. The molecule has 3 rings (SSSR count). The van der Waals surface area contributed by atoms with Gasteiger partial charge >= 0.3 is 5.69 Å². The molecule has 0 aliphatic heterocycles. The van der Waals surface area contributed by atoms with Gasteiger partial charge in [0.05, 0.1) is 12.2 Å². The predicted octanol–water partition coefficient (Wildman–Crippen LogP) is -0.705. The van der Waals surface area contributed by atoms with Crippen LogP contribution in [0.15, 0.2) is 21.9 Å². The number of rotatable bonds is 3. The van der Waals surface area contributed by atoms with Gasteiger partial charge in [-0.15, -0.1) is 0 Å². The third kappa shape index (κ3) is 1.79. The lowest BCUT2D eigenvalue weighted by Gasteiger charge is -2.00. The molecule has 104 valence electrons. The number of fused-ring (bicyclic) bond motifs is 1. The van der Waals surface area contributed by atoms with Gasteiger partial charge in [-0.3, -0.25) is 19.0 Å². The Kier molecular flexibility index (Phi) is 2.67. The van der Waals surface area contributed by atoms with E-state index in [1.807, 2.05) is 6.07 Å². The number of hydrogen-bond acceptors (Lipinski definition) is 5. The standard InChI is InChI=1S/C11H13N7O2/c1-17-8-7(9(19)18(2)11(17)20)14-10(15-8)12-5-6-3-4-13-16-6/h3-4H,5H2,1-2H3,(H,13,16)(H2,12,14,15). The smallest absolute Gasteiger partial charge is 0.332 e. The first kappa shape index (κ1) is 12.2. The van der Waals surface area contributed by atoms with Crippen LogP contribution in [-0.4, -0.2) is 29.3 Å². The average molecular weight is 275 g/mol. The van der Waals surface area contributed by atoms with E-state index >= 15 is 0 Å². The van der Waals surface area contributed by atoms with E-state index in [0.29, 0.717) is 23.7 Å². The minimum absolute atomic E-state index is 0.293. The molecule has 3 N–H and O–H groups in total. The summed E-state index contributed by atoms with van der Waals surface area (Å²) >= 11 is 0. The Balaban J connectivity index is 2.03. The van der Waals surface area contributed by atoms with Crippen molar-refractivity contribution < 1.29 is 0 Å². The molecule has 0 atom stereocenters. The highest BCUT2D eigenvalue weighted by atomic mass is 16.2. The summed E-state index contributed by atoms with van der Waals surface area (Å²) in [5.41, 5.74) is 0.693. The number of aryl methyl sites for hydroxylation is 1. The van der Waals surface area contributed by atoms with Crippen molar-refractivity contribution in [2.24, 2.45) is 14.1 Å². The molecular weight excluding hydrogens is 262 g/mol. The summed E-state index contributed by atoms with van der Waals surface area (Å²) in [7, 11) is 3.01. The topological polar surface area (TPSA) is 113 Å². The van der Waals surface area contributed by atoms with E-state index in [-0.39, 0.29) is 0 Å². The van der Waals surface area contributed by atoms with E-state index in [4.69, 9.17) is 0 Å². The maximum absolute atomic E-state index is 12.0. The number of imidazole rings is 1. The first-order valence-electron chi connectivity index (χ1n) is 5.96. The zero-order valence-electron chi connectivity index (χ0n) is 11.0. The third-order valence-electron chi connectivity index (χ3n) is 3.10. The van der Waals surface area contributed by atoms with Crippen molar-refractivity contribution in [1.82, 2.24) is 29.3 Å². The highest BCUT2D eigenvalue weighted by Gasteiger charge is 2.13. The molecule has 9 heteroatoms. The van der Waals surface area contributed by atoms with Crippen LogP contribution in [0.3, 0.4) is 0 Å². The van der Waals surface area contributed by atoms with Crippen molar-refractivity contribution in [3.63, 3.8) is 0 Å². The highest BCUT2D eigenvalue weighted by molar-refractivity contribution is 5.72. The van der Waals surface area contributed by atoms with Crippen molar-refractivity contribution in [2.75, 3.05) is 5.32 Å². The van der Waals surface area contributed by atoms with E-state index < -0.39 is 11.2 Å². The van der Waals surface area contributed by atoms with Crippen LogP contribution in [0.2, 0.25) is 0 Å². The van der Waals surface area contributed by atoms with Gasteiger partial charge in [0, 0.05) is 20.3 Å². The summed E-state index contributed by atoms with van der Waals surface area (Å²) in [6.45, 7) is 0.480. The van der Waals surface area contributed by atoms with Crippen LogP contribution in [0.5, 0.6) is 0 Å². The van der Waals surface area contributed by atoms with Gasteiger partial charge < -0.3 is 10.3 Å². The number of hydrogen-bond donors (Lipinski definition) is 3. The van der Waals surface area contributed by atoms with Gasteiger partial charge in [0.2, 0.25) is 5.95 Å². The van der Waals surface area contributed by atoms with E-state index in [0.717, 1.165) is 10.3 Å². The molecule has 3 heterocycles. The Morgan fingerprint density at radius 3 is 2.80 bits per heavy atom. The van der Waals surface area contributed by atoms with Crippen LogP contribution in [-0.2, 0) is 20.6 Å². The molecule has 0 saturated carbocycles. The van der Waals surface area contributed by atoms with Gasteiger partial charge in [-0.25, -0.2) is 4.79 Å². The molecule has 3 aromatic rings. The summed E-state index contributed by atoms with van der Waals surface area (Å²) in [4.78, 5) is 30.9. The van der Waals surface area contributed by atoms with Gasteiger partial charge in [-0.1, -0.05) is 0 Å². The van der Waals surface area contributed by atoms with E-state index in [9.17, 15) is 9.59 Å². The number of H-pyrrole nitrogens is 2. The Morgan fingerprint density at radius 1 is 1.30 bits per heavy atom. The second-order valence-electron chi connectivity index (χ2n) is 4.43. The van der Waals surface area contributed by atoms with Crippen LogP contribution >= 0.6 is 0 Å². The monoisotopic (exact) mass is 275 g/mol. The first-order valence-corrected chi connectivity index (χ1v) is 5.96. The van der Waals surface area contributed by atoms with Gasteiger partial charge in [0.25, 0.3) is 5.56 Å². The van der Waals surface area contributed by atoms with E-state index in [1.165, 1.54) is 11.6 Å². The third-order valence-corrected chi connectivity index (χ3v) is 3.10. The molecular formula is C11H13N7O2. The maximum Gasteiger partial charge on any atom is 0.332 e. The Hall–Kier alpha value is -2.84. The number of nitrogens with zero attached hydrogens (tertiary/aromatic N) is 4. The van der Waals surface area contributed by atoms with Crippen LogP contribution in [0.25, 0.3) is 11.2 Å². The van der Waals surface area contributed by atoms with Gasteiger partial charge in [0.1, 0.15) is 0 Å². The zero-order chi connectivity index (χ0) is 14.3. The SMILES string of the molecule is Cn1c(=O)c2[nH]c(NCc3ccn[nH]3)nc2n(C)c1=O. The van der Waals surface area contributed by atoms with Crippen LogP contribution in [0.1, 0.15) is 5.69 Å². The second kappa shape index (κ2) is 4.37. The van der Waals surface area contributed by atoms with Gasteiger partial charge in [0.15, 0.2) is 11.2 Å². The molecule has 0 spiro atoms. The largest absolute Gasteiger partial charge is 0.350 e. The van der Waals surface area contributed by atoms with Crippen molar-refractivity contribution >= 4 is 17.1 Å². The number of aromatic amines is 2. The molecule has 0 saturated heterocycles. The summed E-state index contributed by atoms with van der Waals surface area (Å²) in [6.07, 6.45) is 1.65. The van der Waals surface area contributed by atoms with E-state index in [2.05, 4.69) is 25.5 Å². The summed E-state index contributed by atoms with van der Waals surface area (Å²) in [5, 5.41) is 9.67. The molecule has 0 amide bonds. The molecule has 9 nitrogen and oxygen atoms in total. The minimum atomic E-state index is -0.408. The van der Waals surface area contributed by atoms with Crippen molar-refractivity contribution in [1.29, 1.82) is 0 Å². The van der Waals surface area contributed by atoms with Crippen molar-refractivity contribution in [2.45, 2.75) is 6.54 Å². The normalized spacial score (nSPS) is 11.1. The van der Waals surface area contributed by atoms with Crippen LogP contribution in [0.4, 0.5) is 5.95 Å². The fourth-order valence-electron chi connectivity index (χ4n) is 1.97. The molecule has 0 bridgehead atoms. The lowest BCUT2D eigenvalue weighted by Crippen LogP contribution is -2.36. The van der Waals surface area contributed by atoms with Gasteiger partial charge in [-0.05, 0) is 6.07 Å². The quantitative estimate of drug-likeness (QED) is 0.584. The summed E-state index contributed by atoms with van der Waals surface area (Å²) < 4.78 is 2.37. The molecule has 0 fully saturated rings. The number of nitrogens with one attached hydrogen (secondary N) is 3. The lowest BCUT2D eigenvalue weighted by molar-refractivity contribution is 0.709. The molecule has 20 heavy (non-hydrogen) atoms. The molecule has 0 aliphatic rings. The lowest BCUT2D eigenvalue weighted by atomic mass is 10.4. The molecule has 3 aromatic heterocycles. The van der Waals surface area contributed by atoms with E-state index in [1.54, 1.807) is 13.2 Å². The van der Waals surface area contributed by atoms with Crippen molar-refractivity contribution in [3.8, 4) is 0 Å². The summed E-state index contributed by atoms with van der Waals surface area (Å²) in [5.74, 6) is 0.424. The zero-order valence-corrected chi connectivity index (χ0v) is 11.0. The van der Waals surface area contributed by atoms with Crippen LogP contribution < -0.4 is 16.6 Å². The fourth-order valence-corrected chi connectivity index (χ4v) is 1.97. The predicted molar refractivity (Wildman–Crippen MR) is 72.5 cm³/mol. The molecule has 0 aromatic carbocycles. The Bertz CT molecular complexity index is 869. The van der Waals surface area contributed by atoms with Crippen LogP contribution in [0, 0.1) is 0 Å². The van der Waals surface area contributed by atoms with Gasteiger partial charge in [-0.2, -0.15) is 10.1 Å². The second-order valence-corrected chi connectivity index (χ2v) is 4.43. The molecule has 0 unspecified atom stereocenters. The average Bonchev–Trinajstić information content (AvgIpc) is 3.09. The van der Waals surface area contributed by atoms with Crippen molar-refractivity contribution in [3.05, 3.63) is 38.8 Å². The fraction of sp³-hybridized carbons (Fsp3) is 0.273. The Morgan fingerprint density at radius 2 is 2.10 bits per heavy atom. The molecule has 0 aliphatic carbocycles. The Labute approximate surface area is 112 Å². The first-order chi connectivity index (χ1) is 9.58. The molecule has 0 radical (unpaired) electrons. The summed E-state index contributed by atoms with van der Waals surface area (Å²) in [6, 6.07) is 1.82. The number of aromatic nitrogens is 6. The maximum atomic E-state index is 12.0. The highest BCUT2D eigenvalue weighted by Crippen LogP contribution is 2.09.